The van der Waals surface area contributed by atoms with Gasteiger partial charge in [-0.15, -0.1) is 0 Å². The monoisotopic (exact) mass is 999 g/mol. The lowest BCUT2D eigenvalue weighted by Crippen LogP contribution is -2.59. The summed E-state index contributed by atoms with van der Waals surface area (Å²) in [6, 6.07) is 6.62. The third kappa shape index (κ3) is 19.5. The number of alkyl halides is 1. The van der Waals surface area contributed by atoms with E-state index in [2.05, 4.69) is 52.6 Å². The van der Waals surface area contributed by atoms with Crippen LogP contribution < -0.4 is 21.2 Å². The lowest BCUT2D eigenvalue weighted by atomic mass is 9.97. The minimum Gasteiger partial charge on any atom is -0.462 e. The van der Waals surface area contributed by atoms with Gasteiger partial charge in [-0.2, -0.15) is 5.10 Å². The highest BCUT2D eigenvalue weighted by molar-refractivity contribution is 9.12. The maximum atomic E-state index is 12.2. The number of hydrogen-bond donors (Lipinski definition) is 8. The van der Waals surface area contributed by atoms with E-state index in [0.29, 0.717) is 98.9 Å². The zero-order valence-electron chi connectivity index (χ0n) is 33.8. The molecule has 5 atom stereocenters. The summed E-state index contributed by atoms with van der Waals surface area (Å²) >= 11 is 11.8. The first-order valence-electron chi connectivity index (χ1n) is 19.5. The van der Waals surface area contributed by atoms with Gasteiger partial charge >= 0.3 is 0 Å². The molecule has 0 bridgehead atoms. The maximum Gasteiger partial charge on any atom is 0.268 e. The van der Waals surface area contributed by atoms with Crippen LogP contribution in [0.4, 0.5) is 5.69 Å². The van der Waals surface area contributed by atoms with Crippen molar-refractivity contribution < 1.29 is 63.7 Å². The molecule has 2 aliphatic rings. The van der Waals surface area contributed by atoms with Gasteiger partial charge in [-0.1, -0.05) is 35.0 Å². The van der Waals surface area contributed by atoms with Gasteiger partial charge in [-0.3, -0.25) is 29.9 Å². The van der Waals surface area contributed by atoms with Crippen molar-refractivity contribution in [2.24, 2.45) is 15.9 Å². The molecule has 23 heteroatoms. The number of hydrazone groups is 1. The fourth-order valence-electron chi connectivity index (χ4n) is 5.34. The van der Waals surface area contributed by atoms with Gasteiger partial charge in [0.05, 0.1) is 88.8 Å². The van der Waals surface area contributed by atoms with Crippen LogP contribution in [0.15, 0.2) is 44.4 Å². The van der Waals surface area contributed by atoms with Crippen LogP contribution in [0.5, 0.6) is 5.75 Å². The number of amides is 2. The molecule has 20 nitrogen and oxygen atoms in total. The molecule has 60 heavy (non-hydrogen) atoms. The van der Waals surface area contributed by atoms with Crippen molar-refractivity contribution in [3.63, 3.8) is 0 Å². The summed E-state index contributed by atoms with van der Waals surface area (Å²) in [4.78, 5) is 29.8. The standard InChI is InChI=1S/C35H53Br2N7O13S.C2H6/c36-21-26-28(37)33(49)43(32(26)48)12-14-53-16-18-55-20-19-54-17-15-52-13-10-39-22-24(42-38)3-1-2-9-40-35(58)41-23-4-6-25(7-5-23)56-34-31(47)30(46)29(45)27(57-34)8-11-44(50)51;1-2/h4-7,22,27,29-31,34,45-47,50-51H,1-3,8-21,38H2,(H2,40,41,58);1-2H3/b39-22?,42-24-;/t27?,29-,30?,31?,34+;/m1./s1. The number of hydrogen-bond acceptors (Lipinski definition) is 18. The topological polar surface area (TPSA) is 272 Å². The van der Waals surface area contributed by atoms with Crippen molar-refractivity contribution in [1.29, 1.82) is 0 Å². The number of hydroxylamine groups is 2. The molecule has 1 aromatic rings. The Labute approximate surface area is 372 Å². The summed E-state index contributed by atoms with van der Waals surface area (Å²) < 4.78 is 33.5. The smallest absolute Gasteiger partial charge is 0.268 e. The van der Waals surface area contributed by atoms with Crippen LogP contribution in [-0.4, -0.2) is 180 Å². The summed E-state index contributed by atoms with van der Waals surface area (Å²) in [5, 5.41) is 59.2. The number of nitrogens with one attached hydrogen (secondary N) is 2. The van der Waals surface area contributed by atoms with Gasteiger partial charge in [0.1, 0.15) is 24.1 Å². The van der Waals surface area contributed by atoms with Gasteiger partial charge in [-0.05, 0) is 78.1 Å². The Morgan fingerprint density at radius 2 is 1.55 bits per heavy atom. The quantitative estimate of drug-likeness (QED) is 0.0113. The number of imide groups is 1. The number of nitrogens with two attached hydrogens (primary N) is 1. The number of aliphatic imine (C=N–C) groups is 1. The zero-order chi connectivity index (χ0) is 44.3. The third-order valence-corrected chi connectivity index (χ3v) is 10.1. The highest BCUT2D eigenvalue weighted by Crippen LogP contribution is 2.28. The molecule has 1 fully saturated rings. The number of rotatable bonds is 28. The van der Waals surface area contributed by atoms with E-state index in [9.17, 15) is 24.9 Å². The molecule has 2 aliphatic heterocycles. The minimum absolute atomic E-state index is 0.0360. The number of halogens is 2. The molecule has 340 valence electrons. The van der Waals surface area contributed by atoms with Crippen LogP contribution in [0.3, 0.4) is 0 Å². The first kappa shape index (κ1) is 53.4. The van der Waals surface area contributed by atoms with Gasteiger partial charge in [0.2, 0.25) is 6.29 Å². The van der Waals surface area contributed by atoms with E-state index in [4.69, 9.17) is 56.9 Å². The molecule has 9 N–H and O–H groups in total. The normalized spacial score (nSPS) is 20.9. The Morgan fingerprint density at radius 3 is 2.13 bits per heavy atom. The first-order chi connectivity index (χ1) is 29.0. The predicted octanol–water partition coefficient (Wildman–Crippen LogP) is 1.69. The molecule has 3 unspecified atom stereocenters. The molecule has 3 rings (SSSR count). The Balaban J connectivity index is 0.00000610. The molecule has 0 radical (unpaired) electrons. The third-order valence-electron chi connectivity index (χ3n) is 8.47. The minimum atomic E-state index is -1.55. The van der Waals surface area contributed by atoms with Crippen molar-refractivity contribution in [3.05, 3.63) is 34.3 Å². The van der Waals surface area contributed by atoms with Crippen molar-refractivity contribution in [2.75, 3.05) is 89.7 Å². The fourth-order valence-corrected chi connectivity index (χ4v) is 6.98. The van der Waals surface area contributed by atoms with E-state index in [0.717, 1.165) is 17.7 Å². The number of carbonyl (C=O) groups is 2. The fraction of sp³-hybridized carbons (Fsp3) is 0.649. The summed E-state index contributed by atoms with van der Waals surface area (Å²) in [5.74, 6) is 5.17. The highest BCUT2D eigenvalue weighted by Gasteiger charge is 2.45. The lowest BCUT2D eigenvalue weighted by Gasteiger charge is -2.40. The number of carbonyl (C=O) groups excluding carboxylic acids is 2. The second kappa shape index (κ2) is 31.1. The van der Waals surface area contributed by atoms with Crippen molar-refractivity contribution >= 4 is 78.6 Å². The van der Waals surface area contributed by atoms with Crippen molar-refractivity contribution in [2.45, 2.75) is 70.2 Å². The molecule has 0 aliphatic carbocycles. The zero-order valence-corrected chi connectivity index (χ0v) is 37.8. The van der Waals surface area contributed by atoms with E-state index in [1.54, 1.807) is 30.5 Å². The number of ether oxygens (including phenoxy) is 6. The van der Waals surface area contributed by atoms with Crippen molar-refractivity contribution in [3.8, 4) is 5.75 Å². The molecule has 1 saturated heterocycles. The van der Waals surface area contributed by atoms with Gasteiger partial charge < -0.3 is 60.2 Å². The van der Waals surface area contributed by atoms with Crippen molar-refractivity contribution in [1.82, 2.24) is 15.4 Å². The molecule has 0 aromatic heterocycles. The summed E-state index contributed by atoms with van der Waals surface area (Å²) in [7, 11) is 0. The second-order valence-corrected chi connectivity index (χ2v) is 14.4. The van der Waals surface area contributed by atoms with E-state index in [1.807, 2.05) is 13.8 Å². The first-order valence-corrected chi connectivity index (χ1v) is 21.8. The summed E-state index contributed by atoms with van der Waals surface area (Å²) in [5.41, 5.74) is 1.74. The van der Waals surface area contributed by atoms with Crippen LogP contribution in [0.1, 0.15) is 39.5 Å². The largest absolute Gasteiger partial charge is 0.462 e. The van der Waals surface area contributed by atoms with Crippen LogP contribution in [0.2, 0.25) is 0 Å². The maximum absolute atomic E-state index is 12.2. The second-order valence-electron chi connectivity index (χ2n) is 12.7. The Kier molecular flexibility index (Phi) is 27.7. The number of aliphatic hydroxyl groups excluding tert-OH is 3. The Morgan fingerprint density at radius 1 is 0.933 bits per heavy atom. The highest BCUT2D eigenvalue weighted by atomic mass is 79.9. The molecule has 1 aromatic carbocycles. The summed E-state index contributed by atoms with van der Waals surface area (Å²) in [6.45, 7) is 7.92. The Hall–Kier alpha value is -2.75. The number of unbranched alkanes of at least 4 members (excludes halogenated alkanes) is 1. The molecular weight excluding hydrogens is 942 g/mol. The van der Waals surface area contributed by atoms with E-state index in [1.165, 1.54) is 0 Å². The number of thiocarbonyl (C=S) groups is 1. The van der Waals surface area contributed by atoms with Gasteiger partial charge in [0.25, 0.3) is 11.8 Å². The van der Waals surface area contributed by atoms with E-state index >= 15 is 0 Å². The number of benzene rings is 1. The van der Waals surface area contributed by atoms with Crippen LogP contribution in [0.25, 0.3) is 0 Å². The molecular formula is C37H59Br2N7O13S. The SMILES string of the molecule is CC.N/N=C(\C=NCCOCCOCCOCCOCCN1C(=O)C(Br)=C(CBr)C1=O)CCCCNC(=S)Nc1ccc(O[C@H]2OC(CCN(O)O)[C@@H](O)C(O)C2O)cc1. The predicted molar refractivity (Wildman–Crippen MR) is 233 cm³/mol. The lowest BCUT2D eigenvalue weighted by molar-refractivity contribution is -0.317. The number of nitrogens with zero attached hydrogens (tertiary/aromatic N) is 4. The Bertz CT molecular complexity index is 1510. The number of anilines is 1. The van der Waals surface area contributed by atoms with E-state index < -0.39 is 30.7 Å². The molecule has 2 amide bonds. The molecule has 0 spiro atoms. The van der Waals surface area contributed by atoms with Crippen LogP contribution in [-0.2, 0) is 33.3 Å². The summed E-state index contributed by atoms with van der Waals surface area (Å²) in [6.07, 6.45) is -2.99. The average Bonchev–Trinajstić information content (AvgIpc) is 3.45. The van der Waals surface area contributed by atoms with E-state index in [-0.39, 0.29) is 47.6 Å². The molecule has 0 saturated carbocycles. The van der Waals surface area contributed by atoms with Gasteiger partial charge in [0.15, 0.2) is 5.11 Å². The average molecular weight is 1000 g/mol. The van der Waals surface area contributed by atoms with Gasteiger partial charge in [-0.25, -0.2) is 0 Å². The molecule has 2 heterocycles. The van der Waals surface area contributed by atoms with Crippen LogP contribution in [0, 0.1) is 0 Å². The van der Waals surface area contributed by atoms with Crippen LogP contribution >= 0.6 is 44.1 Å². The number of aliphatic hydroxyl groups is 3. The van der Waals surface area contributed by atoms with Gasteiger partial charge in [0, 0.05) is 29.3 Å².